The van der Waals surface area contributed by atoms with Crippen LogP contribution in [0.2, 0.25) is 0 Å². The number of rotatable bonds is 9. The van der Waals surface area contributed by atoms with Gasteiger partial charge in [-0.1, -0.05) is 36.0 Å². The Hall–Kier alpha value is -3.67. The van der Waals surface area contributed by atoms with Gasteiger partial charge in [0.25, 0.3) is 5.91 Å². The quantitative estimate of drug-likeness (QED) is 0.286. The van der Waals surface area contributed by atoms with E-state index in [1.807, 2.05) is 48.9 Å². The number of carbonyl (C=O) groups is 1. The summed E-state index contributed by atoms with van der Waals surface area (Å²) in [5, 5.41) is 11.5. The first-order valence-corrected chi connectivity index (χ1v) is 15.2. The van der Waals surface area contributed by atoms with Crippen molar-refractivity contribution in [2.45, 2.75) is 37.5 Å². The molecular weight excluding hydrogens is 538 g/mol. The van der Waals surface area contributed by atoms with E-state index in [4.69, 9.17) is 19.4 Å². The van der Waals surface area contributed by atoms with Gasteiger partial charge >= 0.3 is 0 Å². The van der Waals surface area contributed by atoms with Crippen LogP contribution in [-0.4, -0.2) is 77.7 Å². The van der Waals surface area contributed by atoms with Gasteiger partial charge in [0.2, 0.25) is 5.95 Å². The highest BCUT2D eigenvalue weighted by Crippen LogP contribution is 2.29. The average Bonchev–Trinajstić information content (AvgIpc) is 3.75. The van der Waals surface area contributed by atoms with Crippen LogP contribution < -0.4 is 20.3 Å². The standard InChI is InChI=1S/C26H28N6O2S.C4H9NO/c1-4-31(16-17-5-13-21(34-2)14-6-17)26-30-25(35-3)29-23-22(15-27-32(23)26)18-7-9-19(10-8-18)24(33)28-20-11-12-20;1-3-6-4-2-5-1/h5-10,13-15,20H,4,11-12,16H2,1-3H3,(H,28,33);5H,1-4H2. The Kier molecular flexibility index (Phi) is 9.71. The lowest BCUT2D eigenvalue weighted by Crippen LogP contribution is -2.30. The maximum absolute atomic E-state index is 12.4. The highest BCUT2D eigenvalue weighted by Gasteiger charge is 2.24. The summed E-state index contributed by atoms with van der Waals surface area (Å²) in [5.74, 6) is 1.55. The summed E-state index contributed by atoms with van der Waals surface area (Å²) in [5.41, 5.74) is 4.41. The first-order valence-electron chi connectivity index (χ1n) is 14.0. The Morgan fingerprint density at radius 2 is 1.85 bits per heavy atom. The van der Waals surface area contributed by atoms with Gasteiger partial charge in [-0.25, -0.2) is 4.98 Å². The Morgan fingerprint density at radius 1 is 1.12 bits per heavy atom. The van der Waals surface area contributed by atoms with Crippen LogP contribution in [0.3, 0.4) is 0 Å². The van der Waals surface area contributed by atoms with Gasteiger partial charge in [-0.15, -0.1) is 0 Å². The van der Waals surface area contributed by atoms with E-state index in [0.717, 1.165) is 79.7 Å². The molecule has 216 valence electrons. The lowest BCUT2D eigenvalue weighted by atomic mass is 10.1. The zero-order valence-corrected chi connectivity index (χ0v) is 24.6. The van der Waals surface area contributed by atoms with Gasteiger partial charge in [0.15, 0.2) is 10.8 Å². The van der Waals surface area contributed by atoms with Crippen LogP contribution in [0.25, 0.3) is 16.8 Å². The summed E-state index contributed by atoms with van der Waals surface area (Å²) >= 11 is 1.50. The van der Waals surface area contributed by atoms with Gasteiger partial charge in [-0.2, -0.15) is 14.6 Å². The molecule has 0 spiro atoms. The number of carbonyl (C=O) groups excluding carboxylic acids is 1. The molecule has 4 aromatic rings. The van der Waals surface area contributed by atoms with Crippen LogP contribution in [0.4, 0.5) is 5.95 Å². The monoisotopic (exact) mass is 575 g/mol. The van der Waals surface area contributed by atoms with Crippen molar-refractivity contribution in [2.24, 2.45) is 0 Å². The number of thioether (sulfide) groups is 1. The number of nitrogens with zero attached hydrogens (tertiary/aromatic N) is 5. The third-order valence-corrected chi connectivity index (χ3v) is 7.47. The van der Waals surface area contributed by atoms with Crippen molar-refractivity contribution in [1.82, 2.24) is 30.2 Å². The molecule has 10 nitrogen and oxygen atoms in total. The molecule has 2 N–H and O–H groups in total. The number of hydrogen-bond acceptors (Lipinski definition) is 9. The number of nitrogens with one attached hydrogen (secondary N) is 2. The van der Waals surface area contributed by atoms with Crippen LogP contribution in [0.15, 0.2) is 59.9 Å². The molecule has 0 bridgehead atoms. The number of anilines is 1. The summed E-state index contributed by atoms with van der Waals surface area (Å²) in [6, 6.07) is 16.0. The topological polar surface area (TPSA) is 106 Å². The summed E-state index contributed by atoms with van der Waals surface area (Å²) in [7, 11) is 1.67. The van der Waals surface area contributed by atoms with Crippen LogP contribution in [0.5, 0.6) is 5.75 Å². The number of hydrogen-bond donors (Lipinski definition) is 2. The fourth-order valence-corrected chi connectivity index (χ4v) is 4.78. The van der Waals surface area contributed by atoms with Gasteiger partial charge in [-0.3, -0.25) is 4.79 Å². The molecule has 2 aliphatic rings. The lowest BCUT2D eigenvalue weighted by Gasteiger charge is -2.22. The number of ether oxygens (including phenoxy) is 2. The molecule has 1 saturated carbocycles. The summed E-state index contributed by atoms with van der Waals surface area (Å²) in [6.45, 7) is 7.37. The normalized spacial score (nSPS) is 14.7. The maximum atomic E-state index is 12.4. The molecule has 0 unspecified atom stereocenters. The van der Waals surface area contributed by atoms with Gasteiger partial charge < -0.3 is 25.0 Å². The molecule has 11 heteroatoms. The Morgan fingerprint density at radius 3 is 2.41 bits per heavy atom. The van der Waals surface area contributed by atoms with E-state index >= 15 is 0 Å². The molecule has 41 heavy (non-hydrogen) atoms. The minimum Gasteiger partial charge on any atom is -0.497 e. The second kappa shape index (κ2) is 13.8. The fraction of sp³-hybridized carbons (Fsp3) is 0.400. The van der Waals surface area contributed by atoms with E-state index in [-0.39, 0.29) is 5.91 Å². The minimum absolute atomic E-state index is 0.0229. The molecular formula is C30H37N7O3S. The maximum Gasteiger partial charge on any atom is 0.251 e. The number of aromatic nitrogens is 4. The molecule has 0 radical (unpaired) electrons. The zero-order chi connectivity index (χ0) is 28.6. The molecule has 2 aromatic carbocycles. The SMILES string of the molecule is C1COCCN1.CCN(Cc1ccc(OC)cc1)c1nc(SC)nc2c(-c3ccc(C(=O)NC4CC4)cc3)cnn12. The molecule has 3 heterocycles. The third-order valence-electron chi connectivity index (χ3n) is 6.93. The number of fused-ring (bicyclic) bond motifs is 1. The van der Waals surface area contributed by atoms with E-state index in [0.29, 0.717) is 23.3 Å². The fourth-order valence-electron chi connectivity index (χ4n) is 4.43. The minimum atomic E-state index is -0.0229. The summed E-state index contributed by atoms with van der Waals surface area (Å²) in [6.07, 6.45) is 5.93. The molecule has 1 amide bonds. The van der Waals surface area contributed by atoms with E-state index in [2.05, 4.69) is 39.7 Å². The molecule has 1 saturated heterocycles. The molecule has 0 atom stereocenters. The van der Waals surface area contributed by atoms with Crippen LogP contribution in [0, 0.1) is 0 Å². The van der Waals surface area contributed by atoms with Crippen molar-refractivity contribution in [2.75, 3.05) is 51.1 Å². The zero-order valence-electron chi connectivity index (χ0n) is 23.8. The summed E-state index contributed by atoms with van der Waals surface area (Å²) in [4.78, 5) is 24.1. The van der Waals surface area contributed by atoms with Crippen molar-refractivity contribution < 1.29 is 14.3 Å². The lowest BCUT2D eigenvalue weighted by molar-refractivity contribution is 0.0951. The van der Waals surface area contributed by atoms with Gasteiger partial charge in [-0.05, 0) is 61.4 Å². The second-order valence-electron chi connectivity index (χ2n) is 9.85. The predicted octanol–water partition coefficient (Wildman–Crippen LogP) is 4.05. The summed E-state index contributed by atoms with van der Waals surface area (Å²) < 4.78 is 12.1. The van der Waals surface area contributed by atoms with Crippen LogP contribution in [-0.2, 0) is 11.3 Å². The van der Waals surface area contributed by atoms with E-state index in [1.165, 1.54) is 11.8 Å². The first kappa shape index (κ1) is 28.8. The number of amides is 1. The smallest absolute Gasteiger partial charge is 0.251 e. The highest BCUT2D eigenvalue weighted by molar-refractivity contribution is 7.98. The van der Waals surface area contributed by atoms with E-state index in [9.17, 15) is 4.79 Å². The van der Waals surface area contributed by atoms with Crippen molar-refractivity contribution >= 4 is 29.3 Å². The number of methoxy groups -OCH3 is 1. The van der Waals surface area contributed by atoms with Crippen molar-refractivity contribution in [3.63, 3.8) is 0 Å². The Labute approximate surface area is 244 Å². The van der Waals surface area contributed by atoms with Crippen molar-refractivity contribution in [3.8, 4) is 16.9 Å². The Bertz CT molecular complexity index is 1420. The van der Waals surface area contributed by atoms with Crippen LogP contribution in [0.1, 0.15) is 35.7 Å². The van der Waals surface area contributed by atoms with E-state index in [1.54, 1.807) is 11.6 Å². The molecule has 2 fully saturated rings. The first-order chi connectivity index (χ1) is 20.1. The van der Waals surface area contributed by atoms with Crippen molar-refractivity contribution in [3.05, 3.63) is 65.9 Å². The molecule has 2 aromatic heterocycles. The van der Waals surface area contributed by atoms with Crippen molar-refractivity contribution in [1.29, 1.82) is 0 Å². The molecule has 1 aliphatic heterocycles. The van der Waals surface area contributed by atoms with Gasteiger partial charge in [0.1, 0.15) is 5.75 Å². The second-order valence-corrected chi connectivity index (χ2v) is 10.6. The molecule has 6 rings (SSSR count). The Balaban J connectivity index is 0.000000500. The predicted molar refractivity (Wildman–Crippen MR) is 162 cm³/mol. The third kappa shape index (κ3) is 7.35. The molecule has 1 aliphatic carbocycles. The van der Waals surface area contributed by atoms with Crippen LogP contribution >= 0.6 is 11.8 Å². The number of benzene rings is 2. The van der Waals surface area contributed by atoms with E-state index < -0.39 is 0 Å². The largest absolute Gasteiger partial charge is 0.497 e. The van der Waals surface area contributed by atoms with Gasteiger partial charge in [0, 0.05) is 43.3 Å². The number of morpholine rings is 1. The van der Waals surface area contributed by atoms with Gasteiger partial charge in [0.05, 0.1) is 26.5 Å². The average molecular weight is 576 g/mol. The highest BCUT2D eigenvalue weighted by atomic mass is 32.2.